The zero-order valence-electron chi connectivity index (χ0n) is 20.6. The van der Waals surface area contributed by atoms with Crippen molar-refractivity contribution in [3.05, 3.63) is 104 Å². The van der Waals surface area contributed by atoms with Crippen molar-refractivity contribution in [1.82, 2.24) is 4.90 Å². The summed E-state index contributed by atoms with van der Waals surface area (Å²) in [6, 6.07) is 14.4. The first kappa shape index (κ1) is 23.6. The summed E-state index contributed by atoms with van der Waals surface area (Å²) in [6.07, 6.45) is 0.504. The minimum absolute atomic E-state index is 0.0392. The monoisotopic (exact) mass is 487 g/mol. The van der Waals surface area contributed by atoms with Crippen LogP contribution in [-0.4, -0.2) is 31.6 Å². The predicted molar refractivity (Wildman–Crippen MR) is 134 cm³/mol. The van der Waals surface area contributed by atoms with Gasteiger partial charge in [-0.3, -0.25) is 9.59 Å². The van der Waals surface area contributed by atoms with Crippen LogP contribution < -0.4 is 14.9 Å². The Morgan fingerprint density at radius 2 is 1.61 bits per heavy atom. The molecule has 1 aliphatic heterocycles. The quantitative estimate of drug-likeness (QED) is 0.367. The number of methoxy groups -OCH3 is 2. The van der Waals surface area contributed by atoms with Gasteiger partial charge in [-0.05, 0) is 78.9 Å². The summed E-state index contributed by atoms with van der Waals surface area (Å²) >= 11 is 0. The normalized spacial score (nSPS) is 14.9. The Labute approximate surface area is 207 Å². The van der Waals surface area contributed by atoms with Gasteiger partial charge >= 0.3 is 0 Å². The van der Waals surface area contributed by atoms with Crippen LogP contribution in [-0.2, 0) is 6.42 Å². The topological polar surface area (TPSA) is 69.0 Å². The zero-order chi connectivity index (χ0) is 25.6. The summed E-state index contributed by atoms with van der Waals surface area (Å²) in [4.78, 5) is 28.9. The van der Waals surface area contributed by atoms with Crippen molar-refractivity contribution in [2.24, 2.45) is 0 Å². The van der Waals surface area contributed by atoms with Crippen LogP contribution in [0.5, 0.6) is 11.5 Å². The lowest BCUT2D eigenvalue weighted by molar-refractivity contribution is 0.0730. The first-order valence-electron chi connectivity index (χ1n) is 11.7. The SMILES string of the molecule is COc1ccc(CCN2C(=O)c3oc4cc(C)c(C)cc4c(=O)c3[C@@H]2c2ccc(F)cc2)cc1OC. The lowest BCUT2D eigenvalue weighted by Gasteiger charge is -2.25. The van der Waals surface area contributed by atoms with Crippen molar-refractivity contribution in [2.75, 3.05) is 20.8 Å². The van der Waals surface area contributed by atoms with Gasteiger partial charge in [0, 0.05) is 6.54 Å². The van der Waals surface area contributed by atoms with E-state index >= 15 is 0 Å². The molecule has 2 heterocycles. The van der Waals surface area contributed by atoms with Crippen LogP contribution in [0.1, 0.15) is 44.4 Å². The van der Waals surface area contributed by atoms with E-state index in [2.05, 4.69) is 0 Å². The molecule has 0 aliphatic carbocycles. The van der Waals surface area contributed by atoms with Crippen LogP contribution in [0.15, 0.2) is 63.8 Å². The minimum atomic E-state index is -0.685. The average Bonchev–Trinajstić information content (AvgIpc) is 3.16. The second-order valence-corrected chi connectivity index (χ2v) is 9.00. The second-order valence-electron chi connectivity index (χ2n) is 9.00. The van der Waals surface area contributed by atoms with Crippen molar-refractivity contribution in [3.8, 4) is 11.5 Å². The van der Waals surface area contributed by atoms with E-state index in [0.29, 0.717) is 41.0 Å². The Morgan fingerprint density at radius 3 is 2.31 bits per heavy atom. The Morgan fingerprint density at radius 1 is 0.917 bits per heavy atom. The number of ether oxygens (including phenoxy) is 2. The van der Waals surface area contributed by atoms with Gasteiger partial charge in [0.2, 0.25) is 5.76 Å². The van der Waals surface area contributed by atoms with Gasteiger partial charge in [0.15, 0.2) is 16.9 Å². The Hall–Kier alpha value is -4.13. The molecule has 0 unspecified atom stereocenters. The molecule has 36 heavy (non-hydrogen) atoms. The Balaban J connectivity index is 1.60. The zero-order valence-corrected chi connectivity index (χ0v) is 20.6. The van der Waals surface area contributed by atoms with Crippen molar-refractivity contribution in [1.29, 1.82) is 0 Å². The maximum Gasteiger partial charge on any atom is 0.290 e. The van der Waals surface area contributed by atoms with Crippen molar-refractivity contribution in [2.45, 2.75) is 26.3 Å². The molecular weight excluding hydrogens is 461 g/mol. The lowest BCUT2D eigenvalue weighted by Crippen LogP contribution is -2.31. The number of fused-ring (bicyclic) bond motifs is 2. The lowest BCUT2D eigenvalue weighted by atomic mass is 9.97. The average molecular weight is 488 g/mol. The van der Waals surface area contributed by atoms with E-state index in [9.17, 15) is 14.0 Å². The molecule has 0 bridgehead atoms. The molecule has 1 aliphatic rings. The summed E-state index contributed by atoms with van der Waals surface area (Å²) in [5.74, 6) is 0.489. The molecule has 0 radical (unpaired) electrons. The van der Waals surface area contributed by atoms with E-state index in [1.54, 1.807) is 43.4 Å². The number of rotatable bonds is 6. The maximum absolute atomic E-state index is 13.7. The molecule has 1 atom stereocenters. The van der Waals surface area contributed by atoms with Gasteiger partial charge in [0.25, 0.3) is 5.91 Å². The van der Waals surface area contributed by atoms with Crippen molar-refractivity contribution < 1.29 is 23.1 Å². The van der Waals surface area contributed by atoms with Crippen LogP contribution in [0.3, 0.4) is 0 Å². The molecule has 0 saturated heterocycles. The van der Waals surface area contributed by atoms with Gasteiger partial charge in [-0.15, -0.1) is 0 Å². The van der Waals surface area contributed by atoms with E-state index in [1.807, 2.05) is 32.0 Å². The predicted octanol–water partition coefficient (Wildman–Crippen LogP) is 5.35. The molecule has 6 nitrogen and oxygen atoms in total. The number of nitrogens with zero attached hydrogens (tertiary/aromatic N) is 1. The highest BCUT2D eigenvalue weighted by Gasteiger charge is 2.42. The number of benzene rings is 3. The van der Waals surface area contributed by atoms with Gasteiger partial charge in [-0.2, -0.15) is 0 Å². The fourth-order valence-electron chi connectivity index (χ4n) is 4.78. The van der Waals surface area contributed by atoms with Crippen LogP contribution in [0, 0.1) is 19.7 Å². The fraction of sp³-hybridized carbons (Fsp3) is 0.241. The molecule has 4 aromatic rings. The molecule has 7 heteroatoms. The van der Waals surface area contributed by atoms with E-state index < -0.39 is 11.9 Å². The van der Waals surface area contributed by atoms with Gasteiger partial charge in [0.1, 0.15) is 11.4 Å². The van der Waals surface area contributed by atoms with E-state index in [4.69, 9.17) is 13.9 Å². The maximum atomic E-state index is 13.7. The van der Waals surface area contributed by atoms with Crippen LogP contribution in [0.4, 0.5) is 4.39 Å². The molecular formula is C29H26FNO5. The summed E-state index contributed by atoms with van der Waals surface area (Å²) in [5.41, 5.74) is 3.94. The minimum Gasteiger partial charge on any atom is -0.493 e. The van der Waals surface area contributed by atoms with E-state index in [-0.39, 0.29) is 22.7 Å². The summed E-state index contributed by atoms with van der Waals surface area (Å²) in [6.45, 7) is 4.18. The number of halogens is 1. The van der Waals surface area contributed by atoms with Gasteiger partial charge < -0.3 is 18.8 Å². The molecule has 1 amide bonds. The first-order chi connectivity index (χ1) is 17.3. The summed E-state index contributed by atoms with van der Waals surface area (Å²) in [5, 5.41) is 0.429. The van der Waals surface area contributed by atoms with E-state index in [0.717, 1.165) is 16.7 Å². The third kappa shape index (κ3) is 3.90. The smallest absolute Gasteiger partial charge is 0.290 e. The van der Waals surface area contributed by atoms with E-state index in [1.165, 1.54) is 12.1 Å². The molecule has 184 valence electrons. The molecule has 1 aromatic heterocycles. The number of hydrogen-bond donors (Lipinski definition) is 0. The number of hydrogen-bond acceptors (Lipinski definition) is 5. The molecule has 0 spiro atoms. The Kier molecular flexibility index (Phi) is 6.00. The molecule has 0 saturated carbocycles. The molecule has 0 fully saturated rings. The van der Waals surface area contributed by atoms with Crippen molar-refractivity contribution >= 4 is 16.9 Å². The number of amides is 1. The molecule has 5 rings (SSSR count). The van der Waals surface area contributed by atoms with Gasteiger partial charge in [0.05, 0.1) is 31.2 Å². The van der Waals surface area contributed by atoms with Gasteiger partial charge in [-0.1, -0.05) is 18.2 Å². The second kappa shape index (κ2) is 9.15. The van der Waals surface area contributed by atoms with Gasteiger partial charge in [-0.25, -0.2) is 4.39 Å². The molecule has 3 aromatic carbocycles. The van der Waals surface area contributed by atoms with Crippen LogP contribution >= 0.6 is 0 Å². The summed E-state index contributed by atoms with van der Waals surface area (Å²) in [7, 11) is 3.14. The standard InChI is InChI=1S/C29H26FNO5/c1-16-13-21-23(14-17(16)2)36-28-25(27(21)32)26(19-6-8-20(30)9-7-19)31(29(28)33)12-11-18-5-10-22(34-3)24(15-18)35-4/h5-10,13-15,26H,11-12H2,1-4H3/t26-/m0/s1. The number of aryl methyl sites for hydroxylation is 2. The highest BCUT2D eigenvalue weighted by Crippen LogP contribution is 2.39. The highest BCUT2D eigenvalue weighted by molar-refractivity contribution is 5.99. The Bertz CT molecular complexity index is 1540. The third-order valence-electron chi connectivity index (χ3n) is 6.86. The molecule has 0 N–H and O–H groups in total. The fourth-order valence-corrected chi connectivity index (χ4v) is 4.78. The summed E-state index contributed by atoms with van der Waals surface area (Å²) < 4.78 is 30.5. The van der Waals surface area contributed by atoms with Crippen molar-refractivity contribution in [3.63, 3.8) is 0 Å². The van der Waals surface area contributed by atoms with Crippen LogP contribution in [0.2, 0.25) is 0 Å². The highest BCUT2D eigenvalue weighted by atomic mass is 19.1. The first-order valence-corrected chi connectivity index (χ1v) is 11.7. The van der Waals surface area contributed by atoms with Crippen LogP contribution in [0.25, 0.3) is 11.0 Å². The number of carbonyl (C=O) groups excluding carboxylic acids is 1. The third-order valence-corrected chi connectivity index (χ3v) is 6.86. The number of carbonyl (C=O) groups is 1. The largest absolute Gasteiger partial charge is 0.493 e.